The van der Waals surface area contributed by atoms with Crippen molar-refractivity contribution in [1.29, 1.82) is 0 Å². The molecule has 1 saturated heterocycles. The van der Waals surface area contributed by atoms with E-state index in [1.165, 1.54) is 11.8 Å². The van der Waals surface area contributed by atoms with Crippen LogP contribution >= 0.6 is 11.8 Å². The van der Waals surface area contributed by atoms with Crippen molar-refractivity contribution in [3.8, 4) is 11.5 Å². The number of carbonyl (C=O) groups excluding carboxylic acids is 2. The third kappa shape index (κ3) is 4.45. The molecule has 8 heteroatoms. The fourth-order valence-electron chi connectivity index (χ4n) is 2.44. The van der Waals surface area contributed by atoms with Crippen LogP contribution in [0.4, 0.5) is 5.69 Å². The Hall–Kier alpha value is -2.22. The molecule has 1 unspecified atom stereocenters. The molecule has 1 N–H and O–H groups in total. The predicted molar refractivity (Wildman–Crippen MR) is 98.7 cm³/mol. The summed E-state index contributed by atoms with van der Waals surface area (Å²) in [5.41, 5.74) is 0.578. The van der Waals surface area contributed by atoms with E-state index in [0.29, 0.717) is 35.4 Å². The number of carbonyl (C=O) groups is 2. The average molecular weight is 365 g/mol. The van der Waals surface area contributed by atoms with Gasteiger partial charge in [0.2, 0.25) is 11.8 Å². The Morgan fingerprint density at radius 1 is 1.32 bits per heavy atom. The zero-order valence-corrected chi connectivity index (χ0v) is 15.7. The van der Waals surface area contributed by atoms with Crippen LogP contribution in [0.25, 0.3) is 0 Å². The van der Waals surface area contributed by atoms with Crippen LogP contribution in [-0.2, 0) is 9.59 Å². The predicted octanol–water partition coefficient (Wildman–Crippen LogP) is 2.18. The molecule has 0 spiro atoms. The Balaban J connectivity index is 2.29. The van der Waals surface area contributed by atoms with Gasteiger partial charge < -0.3 is 14.8 Å². The molecule has 0 aliphatic carbocycles. The number of methoxy groups -OCH3 is 2. The highest BCUT2D eigenvalue weighted by Crippen LogP contribution is 2.36. The van der Waals surface area contributed by atoms with Crippen molar-refractivity contribution >= 4 is 34.4 Å². The second kappa shape index (κ2) is 8.75. The highest BCUT2D eigenvalue weighted by atomic mass is 32.2. The van der Waals surface area contributed by atoms with Gasteiger partial charge in [-0.25, -0.2) is 4.99 Å². The summed E-state index contributed by atoms with van der Waals surface area (Å²) in [4.78, 5) is 30.5. The number of nitrogens with one attached hydrogen (secondary N) is 1. The Labute approximate surface area is 151 Å². The van der Waals surface area contributed by atoms with Gasteiger partial charge in [-0.1, -0.05) is 11.8 Å². The van der Waals surface area contributed by atoms with Gasteiger partial charge >= 0.3 is 0 Å². The van der Waals surface area contributed by atoms with Crippen LogP contribution < -0.4 is 14.8 Å². The van der Waals surface area contributed by atoms with E-state index in [1.54, 1.807) is 37.3 Å². The van der Waals surface area contributed by atoms with E-state index in [4.69, 9.17) is 9.47 Å². The molecule has 1 fully saturated rings. The van der Waals surface area contributed by atoms with E-state index in [2.05, 4.69) is 10.3 Å². The summed E-state index contributed by atoms with van der Waals surface area (Å²) >= 11 is 1.30. The third-order valence-electron chi connectivity index (χ3n) is 3.68. The summed E-state index contributed by atoms with van der Waals surface area (Å²) in [7, 11) is 3.14. The molecule has 0 saturated carbocycles. The molecular formula is C17H23N3O4S. The molecule has 1 heterocycles. The van der Waals surface area contributed by atoms with E-state index in [1.807, 2.05) is 13.8 Å². The summed E-state index contributed by atoms with van der Waals surface area (Å²) in [5.74, 6) is 1.00. The minimum Gasteiger partial charge on any atom is -0.497 e. The lowest BCUT2D eigenvalue weighted by Crippen LogP contribution is -2.34. The molecule has 0 bridgehead atoms. The van der Waals surface area contributed by atoms with Crippen LogP contribution in [0.3, 0.4) is 0 Å². The molecule has 7 nitrogen and oxygen atoms in total. The number of aliphatic imine (C=N–C) groups is 1. The van der Waals surface area contributed by atoms with E-state index >= 15 is 0 Å². The minimum absolute atomic E-state index is 0.0978. The number of amides is 2. The van der Waals surface area contributed by atoms with Crippen LogP contribution in [0.1, 0.15) is 20.3 Å². The maximum absolute atomic E-state index is 12.5. The van der Waals surface area contributed by atoms with Crippen LogP contribution in [0.15, 0.2) is 23.2 Å². The van der Waals surface area contributed by atoms with E-state index in [9.17, 15) is 9.59 Å². The molecular weight excluding hydrogens is 342 g/mol. The lowest BCUT2D eigenvalue weighted by molar-refractivity contribution is -0.129. The van der Waals surface area contributed by atoms with Gasteiger partial charge in [0.05, 0.1) is 14.2 Å². The fourth-order valence-corrected chi connectivity index (χ4v) is 3.66. The number of benzene rings is 1. The maximum atomic E-state index is 12.5. The number of thioether (sulfide) groups is 1. The summed E-state index contributed by atoms with van der Waals surface area (Å²) < 4.78 is 10.6. The molecule has 25 heavy (non-hydrogen) atoms. The zero-order chi connectivity index (χ0) is 18.4. The van der Waals surface area contributed by atoms with Gasteiger partial charge in [0.1, 0.15) is 22.4 Å². The molecule has 0 radical (unpaired) electrons. The molecule has 0 aromatic heterocycles. The number of amidine groups is 1. The van der Waals surface area contributed by atoms with Gasteiger partial charge in [0.25, 0.3) is 0 Å². The van der Waals surface area contributed by atoms with Gasteiger partial charge in [-0.3, -0.25) is 14.5 Å². The molecule has 1 aliphatic rings. The van der Waals surface area contributed by atoms with Crippen molar-refractivity contribution in [3.63, 3.8) is 0 Å². The number of rotatable bonds is 7. The first-order valence-corrected chi connectivity index (χ1v) is 8.97. The fraction of sp³-hybridized carbons (Fsp3) is 0.471. The van der Waals surface area contributed by atoms with Gasteiger partial charge in [0, 0.05) is 25.6 Å². The molecule has 2 amide bonds. The first-order valence-electron chi connectivity index (χ1n) is 8.09. The first-order chi connectivity index (χ1) is 12.0. The van der Waals surface area contributed by atoms with Gasteiger partial charge in [-0.15, -0.1) is 0 Å². The lowest BCUT2D eigenvalue weighted by atomic mass is 10.2. The van der Waals surface area contributed by atoms with Crippen LogP contribution in [0.5, 0.6) is 11.5 Å². The molecule has 1 aromatic carbocycles. The molecule has 136 valence electrons. The quantitative estimate of drug-likeness (QED) is 0.801. The summed E-state index contributed by atoms with van der Waals surface area (Å²) in [5, 5.41) is 2.83. The lowest BCUT2D eigenvalue weighted by Gasteiger charge is -2.14. The van der Waals surface area contributed by atoms with Crippen molar-refractivity contribution in [2.45, 2.75) is 25.5 Å². The van der Waals surface area contributed by atoms with Crippen molar-refractivity contribution in [2.24, 2.45) is 4.99 Å². The highest BCUT2D eigenvalue weighted by Gasteiger charge is 2.38. The van der Waals surface area contributed by atoms with Gasteiger partial charge in [-0.2, -0.15) is 0 Å². The monoisotopic (exact) mass is 365 g/mol. The number of nitrogens with zero attached hydrogens (tertiary/aromatic N) is 2. The number of hydrogen-bond acceptors (Lipinski definition) is 6. The zero-order valence-electron chi connectivity index (χ0n) is 14.9. The molecule has 1 aliphatic heterocycles. The second-order valence-electron chi connectivity index (χ2n) is 5.28. The van der Waals surface area contributed by atoms with Gasteiger partial charge in [-0.05, 0) is 26.0 Å². The summed E-state index contributed by atoms with van der Waals surface area (Å²) in [6.07, 6.45) is 0.141. The Morgan fingerprint density at radius 2 is 2.08 bits per heavy atom. The highest BCUT2D eigenvalue weighted by molar-refractivity contribution is 8.15. The second-order valence-corrected chi connectivity index (χ2v) is 6.45. The summed E-state index contributed by atoms with van der Waals surface area (Å²) in [6, 6.07) is 5.30. The average Bonchev–Trinajstić information content (AvgIpc) is 2.89. The molecule has 2 rings (SSSR count). The topological polar surface area (TPSA) is 80.2 Å². The van der Waals surface area contributed by atoms with Crippen LogP contribution in [0.2, 0.25) is 0 Å². The van der Waals surface area contributed by atoms with E-state index < -0.39 is 5.25 Å². The minimum atomic E-state index is -0.457. The Morgan fingerprint density at radius 3 is 2.68 bits per heavy atom. The molecule has 1 atom stereocenters. The van der Waals surface area contributed by atoms with Crippen LogP contribution in [0, 0.1) is 0 Å². The smallest absolute Gasteiger partial charge is 0.242 e. The van der Waals surface area contributed by atoms with Crippen molar-refractivity contribution in [2.75, 3.05) is 27.3 Å². The number of hydrogen-bond donors (Lipinski definition) is 1. The van der Waals surface area contributed by atoms with Crippen molar-refractivity contribution < 1.29 is 19.1 Å². The number of ether oxygens (including phenoxy) is 2. The summed E-state index contributed by atoms with van der Waals surface area (Å²) in [6.45, 7) is 4.76. The van der Waals surface area contributed by atoms with E-state index in [-0.39, 0.29) is 18.2 Å². The van der Waals surface area contributed by atoms with Gasteiger partial charge in [0.15, 0.2) is 5.17 Å². The SMILES string of the molecule is CCNC(=O)CC1SC(=Nc2cc(OC)ccc2OC)N(CC)C1=O. The normalized spacial score (nSPS) is 18.6. The molecule has 1 aromatic rings. The van der Waals surface area contributed by atoms with Crippen LogP contribution in [-0.4, -0.2) is 54.4 Å². The Bertz CT molecular complexity index is 678. The third-order valence-corrected chi connectivity index (χ3v) is 4.86. The Kier molecular flexibility index (Phi) is 6.69. The van der Waals surface area contributed by atoms with Crippen molar-refractivity contribution in [3.05, 3.63) is 18.2 Å². The maximum Gasteiger partial charge on any atom is 0.242 e. The first kappa shape index (κ1) is 19.1. The largest absolute Gasteiger partial charge is 0.497 e. The standard InChI is InChI=1S/C17H23N3O4S/c1-5-18-15(21)10-14-16(22)20(6-2)17(25-14)19-12-9-11(23-3)7-8-13(12)24-4/h7-9,14H,5-6,10H2,1-4H3,(H,18,21). The van der Waals surface area contributed by atoms with Crippen molar-refractivity contribution in [1.82, 2.24) is 10.2 Å². The van der Waals surface area contributed by atoms with E-state index in [0.717, 1.165) is 0 Å².